The van der Waals surface area contributed by atoms with Crippen molar-refractivity contribution in [2.45, 2.75) is 19.5 Å². The van der Waals surface area contributed by atoms with Gasteiger partial charge in [-0.2, -0.15) is 0 Å². The fraction of sp³-hybridized carbons (Fsp3) is 0.417. The number of pyridine rings is 1. The van der Waals surface area contributed by atoms with E-state index in [1.807, 2.05) is 4.90 Å². The lowest BCUT2D eigenvalue weighted by molar-refractivity contribution is -0.143. The molecule has 19 heavy (non-hydrogen) atoms. The summed E-state index contributed by atoms with van der Waals surface area (Å²) in [6.07, 6.45) is 0. The zero-order valence-electron chi connectivity index (χ0n) is 10.5. The van der Waals surface area contributed by atoms with Crippen molar-refractivity contribution in [1.82, 2.24) is 9.88 Å². The van der Waals surface area contributed by atoms with E-state index in [4.69, 9.17) is 10.5 Å². The lowest BCUT2D eigenvalue weighted by atomic mass is 10.2. The number of hydrogen-bond acceptors (Lipinski definition) is 6. The number of aromatic nitrogens is 1. The molecule has 2 unspecified atom stereocenters. The number of nitrogens with zero attached hydrogens (tertiary/aromatic N) is 2. The molecule has 1 aromatic heterocycles. The zero-order valence-corrected chi connectivity index (χ0v) is 10.5. The molecule has 1 fully saturated rings. The SMILES string of the molecule is CCOC(=O)C1CN1Cc1ccc(C(N)=O)nc1O. The molecule has 7 nitrogen and oxygen atoms in total. The minimum atomic E-state index is -0.696. The molecular formula is C12H15N3O4. The molecule has 102 valence electrons. The highest BCUT2D eigenvalue weighted by molar-refractivity contribution is 5.90. The van der Waals surface area contributed by atoms with Crippen LogP contribution < -0.4 is 5.73 Å². The molecule has 1 saturated heterocycles. The van der Waals surface area contributed by atoms with Crippen LogP contribution in [0, 0.1) is 0 Å². The van der Waals surface area contributed by atoms with Crippen molar-refractivity contribution in [3.8, 4) is 5.88 Å². The summed E-state index contributed by atoms with van der Waals surface area (Å²) in [4.78, 5) is 27.9. The van der Waals surface area contributed by atoms with Gasteiger partial charge in [0.2, 0.25) is 5.88 Å². The molecule has 1 aliphatic rings. The zero-order chi connectivity index (χ0) is 14.0. The van der Waals surface area contributed by atoms with Crippen LogP contribution in [-0.2, 0) is 16.1 Å². The van der Waals surface area contributed by atoms with Crippen molar-refractivity contribution in [3.63, 3.8) is 0 Å². The topological polar surface area (TPSA) is 106 Å². The lowest BCUT2D eigenvalue weighted by Crippen LogP contribution is -2.17. The number of aromatic hydroxyl groups is 1. The molecule has 0 radical (unpaired) electrons. The Morgan fingerprint density at radius 1 is 1.58 bits per heavy atom. The van der Waals surface area contributed by atoms with Crippen molar-refractivity contribution >= 4 is 11.9 Å². The van der Waals surface area contributed by atoms with Crippen LogP contribution in [0.5, 0.6) is 5.88 Å². The van der Waals surface area contributed by atoms with E-state index < -0.39 is 5.91 Å². The highest BCUT2D eigenvalue weighted by Crippen LogP contribution is 2.25. The van der Waals surface area contributed by atoms with Gasteiger partial charge in [0.25, 0.3) is 5.91 Å². The normalized spacial score (nSPS) is 20.9. The third-order valence-electron chi connectivity index (χ3n) is 2.86. The van der Waals surface area contributed by atoms with Crippen molar-refractivity contribution in [1.29, 1.82) is 0 Å². The molecule has 2 atom stereocenters. The van der Waals surface area contributed by atoms with Crippen molar-refractivity contribution < 1.29 is 19.4 Å². The summed E-state index contributed by atoms with van der Waals surface area (Å²) < 4.78 is 4.89. The van der Waals surface area contributed by atoms with Crippen LogP contribution in [0.25, 0.3) is 0 Å². The Kier molecular flexibility index (Phi) is 3.66. The van der Waals surface area contributed by atoms with Gasteiger partial charge in [-0.15, -0.1) is 0 Å². The van der Waals surface area contributed by atoms with Gasteiger partial charge in [-0.25, -0.2) is 4.98 Å². The maximum Gasteiger partial charge on any atom is 0.324 e. The van der Waals surface area contributed by atoms with E-state index in [2.05, 4.69) is 4.98 Å². The molecule has 1 aromatic rings. The van der Waals surface area contributed by atoms with Gasteiger partial charge in [0.15, 0.2) is 0 Å². The van der Waals surface area contributed by atoms with Crippen LogP contribution in [0.2, 0.25) is 0 Å². The van der Waals surface area contributed by atoms with E-state index in [0.717, 1.165) is 0 Å². The summed E-state index contributed by atoms with van der Waals surface area (Å²) in [7, 11) is 0. The maximum absolute atomic E-state index is 11.4. The number of carbonyl (C=O) groups excluding carboxylic acids is 2. The third-order valence-corrected chi connectivity index (χ3v) is 2.86. The second kappa shape index (κ2) is 5.23. The predicted octanol–water partition coefficient (Wildman–Crippen LogP) is -0.367. The molecule has 0 saturated carbocycles. The fourth-order valence-electron chi connectivity index (χ4n) is 1.77. The monoisotopic (exact) mass is 265 g/mol. The largest absolute Gasteiger partial charge is 0.493 e. The molecule has 2 heterocycles. The van der Waals surface area contributed by atoms with Crippen molar-refractivity contribution in [2.24, 2.45) is 5.73 Å². The van der Waals surface area contributed by atoms with Gasteiger partial charge in [0.05, 0.1) is 6.61 Å². The van der Waals surface area contributed by atoms with Gasteiger partial charge in [-0.1, -0.05) is 0 Å². The Labute approximate surface area is 110 Å². The summed E-state index contributed by atoms with van der Waals surface area (Å²) in [5, 5.41) is 9.68. The summed E-state index contributed by atoms with van der Waals surface area (Å²) in [5.74, 6) is -1.20. The Bertz CT molecular complexity index is 518. The Balaban J connectivity index is 1.98. The predicted molar refractivity (Wildman–Crippen MR) is 65.3 cm³/mol. The van der Waals surface area contributed by atoms with Gasteiger partial charge in [-0.05, 0) is 19.1 Å². The summed E-state index contributed by atoms with van der Waals surface area (Å²) in [6, 6.07) is 2.76. The summed E-state index contributed by atoms with van der Waals surface area (Å²) in [6.45, 7) is 3.07. The van der Waals surface area contributed by atoms with Crippen LogP contribution >= 0.6 is 0 Å². The minimum absolute atomic E-state index is 0.00832. The highest BCUT2D eigenvalue weighted by Gasteiger charge is 2.41. The summed E-state index contributed by atoms with van der Waals surface area (Å²) >= 11 is 0. The second-order valence-corrected chi connectivity index (χ2v) is 4.24. The molecule has 0 bridgehead atoms. The fourth-order valence-corrected chi connectivity index (χ4v) is 1.77. The number of carbonyl (C=O) groups is 2. The first-order chi connectivity index (χ1) is 9.02. The van der Waals surface area contributed by atoms with Gasteiger partial charge in [-0.3, -0.25) is 14.5 Å². The number of rotatable bonds is 5. The van der Waals surface area contributed by atoms with Crippen LogP contribution in [0.15, 0.2) is 12.1 Å². The first-order valence-corrected chi connectivity index (χ1v) is 5.92. The van der Waals surface area contributed by atoms with Crippen LogP contribution in [-0.4, -0.2) is 46.1 Å². The van der Waals surface area contributed by atoms with E-state index in [9.17, 15) is 14.7 Å². The molecule has 3 N–H and O–H groups in total. The number of primary amides is 1. The van der Waals surface area contributed by atoms with Crippen molar-refractivity contribution in [3.05, 3.63) is 23.4 Å². The summed E-state index contributed by atoms with van der Waals surface area (Å²) in [5.41, 5.74) is 5.60. The maximum atomic E-state index is 11.4. The Morgan fingerprint density at radius 3 is 2.89 bits per heavy atom. The molecule has 1 amide bonds. The Morgan fingerprint density at radius 2 is 2.32 bits per heavy atom. The van der Waals surface area contributed by atoms with E-state index in [1.165, 1.54) is 6.07 Å². The number of hydrogen-bond donors (Lipinski definition) is 2. The average Bonchev–Trinajstić information content (AvgIpc) is 3.11. The van der Waals surface area contributed by atoms with Crippen molar-refractivity contribution in [2.75, 3.05) is 13.2 Å². The number of nitrogens with two attached hydrogens (primary N) is 1. The molecule has 0 aromatic carbocycles. The quantitative estimate of drug-likeness (QED) is 0.556. The van der Waals surface area contributed by atoms with Crippen LogP contribution in [0.1, 0.15) is 23.0 Å². The minimum Gasteiger partial charge on any atom is -0.493 e. The van der Waals surface area contributed by atoms with Gasteiger partial charge >= 0.3 is 5.97 Å². The van der Waals surface area contributed by atoms with Crippen LogP contribution in [0.4, 0.5) is 0 Å². The molecule has 0 aliphatic carbocycles. The first kappa shape index (κ1) is 13.3. The number of amides is 1. The van der Waals surface area contributed by atoms with Gasteiger partial charge < -0.3 is 15.6 Å². The van der Waals surface area contributed by atoms with Gasteiger partial charge in [0.1, 0.15) is 11.7 Å². The van der Waals surface area contributed by atoms with E-state index >= 15 is 0 Å². The highest BCUT2D eigenvalue weighted by atomic mass is 16.5. The molecule has 7 heteroatoms. The molecule has 1 aliphatic heterocycles. The van der Waals surface area contributed by atoms with E-state index in [0.29, 0.717) is 25.3 Å². The number of esters is 1. The van der Waals surface area contributed by atoms with E-state index in [-0.39, 0.29) is 23.6 Å². The van der Waals surface area contributed by atoms with Gasteiger partial charge in [0, 0.05) is 18.7 Å². The third kappa shape index (κ3) is 3.00. The van der Waals surface area contributed by atoms with E-state index in [1.54, 1.807) is 13.0 Å². The molecule has 2 rings (SSSR count). The van der Waals surface area contributed by atoms with Crippen LogP contribution in [0.3, 0.4) is 0 Å². The smallest absolute Gasteiger partial charge is 0.324 e. The average molecular weight is 265 g/mol. The first-order valence-electron chi connectivity index (χ1n) is 5.92. The molecular weight excluding hydrogens is 250 g/mol. The molecule has 0 spiro atoms. The second-order valence-electron chi connectivity index (χ2n) is 4.24. The Hall–Kier alpha value is -2.15. The standard InChI is InChI=1S/C12H15N3O4/c1-2-19-12(18)9-6-15(9)5-7-3-4-8(10(13)16)14-11(7)17/h3-4,9H,2,5-6H2,1H3,(H2,13,16)(H,14,17). The lowest BCUT2D eigenvalue weighted by Gasteiger charge is -2.06. The number of ether oxygens (including phenoxy) is 1.